The van der Waals surface area contributed by atoms with Crippen LogP contribution in [-0.4, -0.2) is 45.1 Å². The SMILES string of the molecule is NCC1CN(S(=O)(=O)c2ccccc2)CCO1. The van der Waals surface area contributed by atoms with E-state index in [9.17, 15) is 8.42 Å². The molecular weight excluding hydrogens is 240 g/mol. The van der Waals surface area contributed by atoms with Gasteiger partial charge in [0.1, 0.15) is 0 Å². The quantitative estimate of drug-likeness (QED) is 0.828. The van der Waals surface area contributed by atoms with Crippen molar-refractivity contribution in [2.75, 3.05) is 26.2 Å². The molecule has 1 heterocycles. The largest absolute Gasteiger partial charge is 0.374 e. The lowest BCUT2D eigenvalue weighted by Crippen LogP contribution is -2.48. The summed E-state index contributed by atoms with van der Waals surface area (Å²) in [4.78, 5) is 0.317. The van der Waals surface area contributed by atoms with E-state index in [1.807, 2.05) is 0 Å². The van der Waals surface area contributed by atoms with Gasteiger partial charge in [-0.3, -0.25) is 0 Å². The summed E-state index contributed by atoms with van der Waals surface area (Å²) in [5.74, 6) is 0. The predicted octanol–water partition coefficient (Wildman–Crippen LogP) is 0.0348. The summed E-state index contributed by atoms with van der Waals surface area (Å²) in [6.45, 7) is 1.44. The zero-order chi connectivity index (χ0) is 12.3. The summed E-state index contributed by atoms with van der Waals surface area (Å²) in [5, 5.41) is 0. The maximum absolute atomic E-state index is 12.3. The van der Waals surface area contributed by atoms with E-state index in [-0.39, 0.29) is 6.10 Å². The molecule has 17 heavy (non-hydrogen) atoms. The molecule has 1 unspecified atom stereocenters. The van der Waals surface area contributed by atoms with Gasteiger partial charge in [0.2, 0.25) is 10.0 Å². The highest BCUT2D eigenvalue weighted by molar-refractivity contribution is 7.89. The van der Waals surface area contributed by atoms with Gasteiger partial charge in [0.15, 0.2) is 0 Å². The lowest BCUT2D eigenvalue weighted by molar-refractivity contribution is 0.00450. The first-order valence-electron chi connectivity index (χ1n) is 5.51. The maximum atomic E-state index is 12.3. The van der Waals surface area contributed by atoms with Crippen molar-refractivity contribution >= 4 is 10.0 Å². The van der Waals surface area contributed by atoms with E-state index in [2.05, 4.69) is 0 Å². The van der Waals surface area contributed by atoms with E-state index in [1.54, 1.807) is 30.3 Å². The first-order chi connectivity index (χ1) is 8.14. The van der Waals surface area contributed by atoms with Crippen LogP contribution in [0.15, 0.2) is 35.2 Å². The van der Waals surface area contributed by atoms with E-state index in [1.165, 1.54) is 4.31 Å². The van der Waals surface area contributed by atoms with Crippen molar-refractivity contribution in [3.63, 3.8) is 0 Å². The molecule has 0 aromatic heterocycles. The van der Waals surface area contributed by atoms with Gasteiger partial charge < -0.3 is 10.5 Å². The molecule has 1 fully saturated rings. The standard InChI is InChI=1S/C11H16N2O3S/c12-8-10-9-13(6-7-16-10)17(14,15)11-4-2-1-3-5-11/h1-5,10H,6-9,12H2. The van der Waals surface area contributed by atoms with Gasteiger partial charge in [-0.05, 0) is 12.1 Å². The van der Waals surface area contributed by atoms with Gasteiger partial charge >= 0.3 is 0 Å². The second-order valence-corrected chi connectivity index (χ2v) is 5.84. The van der Waals surface area contributed by atoms with Crippen LogP contribution in [0.5, 0.6) is 0 Å². The van der Waals surface area contributed by atoms with Gasteiger partial charge in [-0.25, -0.2) is 8.42 Å². The Morgan fingerprint density at radius 3 is 2.71 bits per heavy atom. The van der Waals surface area contributed by atoms with Crippen LogP contribution in [-0.2, 0) is 14.8 Å². The molecule has 0 spiro atoms. The molecule has 1 aliphatic rings. The topological polar surface area (TPSA) is 72.6 Å². The Morgan fingerprint density at radius 2 is 2.06 bits per heavy atom. The number of nitrogens with two attached hydrogens (primary N) is 1. The molecule has 0 amide bonds. The van der Waals surface area contributed by atoms with Gasteiger partial charge in [-0.1, -0.05) is 18.2 Å². The summed E-state index contributed by atoms with van der Waals surface area (Å²) in [6.07, 6.45) is -0.206. The molecule has 2 rings (SSSR count). The summed E-state index contributed by atoms with van der Waals surface area (Å²) in [7, 11) is -3.41. The molecule has 1 aromatic rings. The Kier molecular flexibility index (Phi) is 3.78. The van der Waals surface area contributed by atoms with Crippen molar-refractivity contribution in [1.29, 1.82) is 0 Å². The molecule has 5 nitrogen and oxygen atoms in total. The molecule has 1 aliphatic heterocycles. The normalized spacial score (nSPS) is 22.5. The van der Waals surface area contributed by atoms with E-state index < -0.39 is 10.0 Å². The van der Waals surface area contributed by atoms with Crippen molar-refractivity contribution in [2.45, 2.75) is 11.0 Å². The number of morpholine rings is 1. The minimum Gasteiger partial charge on any atom is -0.374 e. The molecule has 0 aliphatic carbocycles. The first kappa shape index (κ1) is 12.5. The van der Waals surface area contributed by atoms with Crippen molar-refractivity contribution < 1.29 is 13.2 Å². The summed E-state index contributed by atoms with van der Waals surface area (Å²) < 4.78 is 31.3. The van der Waals surface area contributed by atoms with Crippen LogP contribution in [0.2, 0.25) is 0 Å². The Morgan fingerprint density at radius 1 is 1.35 bits per heavy atom. The average molecular weight is 256 g/mol. The fourth-order valence-corrected chi connectivity index (χ4v) is 3.27. The van der Waals surface area contributed by atoms with E-state index in [4.69, 9.17) is 10.5 Å². The second-order valence-electron chi connectivity index (χ2n) is 3.90. The third-order valence-electron chi connectivity index (χ3n) is 2.75. The highest BCUT2D eigenvalue weighted by Crippen LogP contribution is 2.17. The molecular formula is C11H16N2O3S. The van der Waals surface area contributed by atoms with Crippen LogP contribution in [0.3, 0.4) is 0 Å². The minimum absolute atomic E-state index is 0.206. The minimum atomic E-state index is -3.41. The highest BCUT2D eigenvalue weighted by Gasteiger charge is 2.29. The number of nitrogens with zero attached hydrogens (tertiary/aromatic N) is 1. The fraction of sp³-hybridized carbons (Fsp3) is 0.455. The Hall–Kier alpha value is -0.950. The maximum Gasteiger partial charge on any atom is 0.243 e. The van der Waals surface area contributed by atoms with Gasteiger partial charge in [-0.2, -0.15) is 4.31 Å². The summed E-state index contributed by atoms with van der Waals surface area (Å²) in [6, 6.07) is 8.42. The molecule has 0 bridgehead atoms. The van der Waals surface area contributed by atoms with Crippen molar-refractivity contribution in [2.24, 2.45) is 5.73 Å². The molecule has 1 aromatic carbocycles. The first-order valence-corrected chi connectivity index (χ1v) is 6.95. The average Bonchev–Trinajstić information content (AvgIpc) is 2.40. The van der Waals surface area contributed by atoms with E-state index >= 15 is 0 Å². The molecule has 1 saturated heterocycles. The Balaban J connectivity index is 2.21. The Bertz CT molecular complexity index is 461. The molecule has 0 saturated carbocycles. The second kappa shape index (κ2) is 5.14. The lowest BCUT2D eigenvalue weighted by Gasteiger charge is -2.31. The van der Waals surface area contributed by atoms with Crippen molar-refractivity contribution in [3.05, 3.63) is 30.3 Å². The third-order valence-corrected chi connectivity index (χ3v) is 4.62. The molecule has 1 atom stereocenters. The zero-order valence-corrected chi connectivity index (χ0v) is 10.3. The highest BCUT2D eigenvalue weighted by atomic mass is 32.2. The molecule has 6 heteroatoms. The Labute approximate surface area is 101 Å². The number of rotatable bonds is 3. The van der Waals surface area contributed by atoms with Gasteiger partial charge in [0.25, 0.3) is 0 Å². The van der Waals surface area contributed by atoms with Crippen LogP contribution in [0.4, 0.5) is 0 Å². The van der Waals surface area contributed by atoms with Crippen molar-refractivity contribution in [1.82, 2.24) is 4.31 Å². The predicted molar refractivity (Wildman–Crippen MR) is 64.0 cm³/mol. The van der Waals surface area contributed by atoms with E-state index in [0.29, 0.717) is 31.1 Å². The third kappa shape index (κ3) is 2.66. The number of sulfonamides is 1. The van der Waals surface area contributed by atoms with Gasteiger partial charge in [-0.15, -0.1) is 0 Å². The zero-order valence-electron chi connectivity index (χ0n) is 9.45. The van der Waals surface area contributed by atoms with Crippen LogP contribution in [0.25, 0.3) is 0 Å². The fourth-order valence-electron chi connectivity index (χ4n) is 1.79. The number of hydrogen-bond donors (Lipinski definition) is 1. The van der Waals surface area contributed by atoms with Crippen LogP contribution >= 0.6 is 0 Å². The smallest absolute Gasteiger partial charge is 0.243 e. The van der Waals surface area contributed by atoms with Crippen LogP contribution in [0.1, 0.15) is 0 Å². The van der Waals surface area contributed by atoms with E-state index in [0.717, 1.165) is 0 Å². The monoisotopic (exact) mass is 256 g/mol. The number of hydrogen-bond acceptors (Lipinski definition) is 4. The molecule has 2 N–H and O–H groups in total. The molecule has 0 radical (unpaired) electrons. The molecule has 94 valence electrons. The summed E-state index contributed by atoms with van der Waals surface area (Å²) in [5.41, 5.74) is 5.50. The lowest BCUT2D eigenvalue weighted by atomic mass is 10.3. The van der Waals surface area contributed by atoms with Gasteiger partial charge in [0.05, 0.1) is 17.6 Å². The number of benzene rings is 1. The summed E-state index contributed by atoms with van der Waals surface area (Å²) >= 11 is 0. The van der Waals surface area contributed by atoms with Gasteiger partial charge in [0, 0.05) is 19.6 Å². The van der Waals surface area contributed by atoms with Crippen LogP contribution < -0.4 is 5.73 Å². The number of ether oxygens (including phenoxy) is 1. The van der Waals surface area contributed by atoms with Crippen molar-refractivity contribution in [3.8, 4) is 0 Å². The van der Waals surface area contributed by atoms with Crippen LogP contribution in [0, 0.1) is 0 Å².